The van der Waals surface area contributed by atoms with E-state index < -0.39 is 16.6 Å². The van der Waals surface area contributed by atoms with Gasteiger partial charge in [0.25, 0.3) is 0 Å². The summed E-state index contributed by atoms with van der Waals surface area (Å²) in [6.45, 7) is 0. The first-order valence-electron chi connectivity index (χ1n) is 6.82. The van der Waals surface area contributed by atoms with Crippen molar-refractivity contribution in [3.8, 4) is 5.75 Å². The summed E-state index contributed by atoms with van der Waals surface area (Å²) < 4.78 is 30.3. The van der Waals surface area contributed by atoms with E-state index in [1.165, 1.54) is 32.1 Å². The van der Waals surface area contributed by atoms with Crippen LogP contribution >= 0.6 is 0 Å². The zero-order valence-corrected chi connectivity index (χ0v) is 12.4. The summed E-state index contributed by atoms with van der Waals surface area (Å²) >= 11 is 0. The highest BCUT2D eigenvalue weighted by Crippen LogP contribution is 2.26. The van der Waals surface area contributed by atoms with Crippen LogP contribution in [-0.2, 0) is 10.8 Å². The van der Waals surface area contributed by atoms with Gasteiger partial charge in [0, 0.05) is 16.6 Å². The van der Waals surface area contributed by atoms with Gasteiger partial charge in [-0.1, -0.05) is 12.8 Å². The molecule has 1 aromatic carbocycles. The largest absolute Gasteiger partial charge is 0.496 e. The molecule has 1 saturated carbocycles. The molecule has 1 aliphatic carbocycles. The number of rotatable bonds is 6. The molecule has 1 aliphatic rings. The molecular formula is C15H19FO3S. The van der Waals surface area contributed by atoms with Crippen LogP contribution in [0.15, 0.2) is 18.2 Å². The van der Waals surface area contributed by atoms with Gasteiger partial charge in [0.15, 0.2) is 5.78 Å². The van der Waals surface area contributed by atoms with Crippen LogP contribution in [0.1, 0.15) is 36.0 Å². The quantitative estimate of drug-likeness (QED) is 0.758. The predicted molar refractivity (Wildman–Crippen MR) is 77.1 cm³/mol. The van der Waals surface area contributed by atoms with Gasteiger partial charge >= 0.3 is 0 Å². The highest BCUT2D eigenvalue weighted by molar-refractivity contribution is 7.85. The summed E-state index contributed by atoms with van der Waals surface area (Å²) in [5, 5.41) is 0. The highest BCUT2D eigenvalue weighted by atomic mass is 32.2. The summed E-state index contributed by atoms with van der Waals surface area (Å²) in [6.07, 6.45) is 4.58. The van der Waals surface area contributed by atoms with Gasteiger partial charge in [-0.3, -0.25) is 9.00 Å². The Kier molecular flexibility index (Phi) is 5.29. The van der Waals surface area contributed by atoms with Crippen molar-refractivity contribution in [2.24, 2.45) is 5.92 Å². The Bertz CT molecular complexity index is 510. The number of hydrogen-bond donors (Lipinski definition) is 0. The van der Waals surface area contributed by atoms with E-state index in [0.29, 0.717) is 17.4 Å². The average molecular weight is 298 g/mol. The minimum absolute atomic E-state index is 0.0592. The molecule has 5 heteroatoms. The number of benzene rings is 1. The second-order valence-electron chi connectivity index (χ2n) is 5.17. The van der Waals surface area contributed by atoms with E-state index in [1.807, 2.05) is 0 Å². The van der Waals surface area contributed by atoms with Crippen molar-refractivity contribution in [3.63, 3.8) is 0 Å². The summed E-state index contributed by atoms with van der Waals surface area (Å²) in [4.78, 5) is 12.1. The molecule has 0 amide bonds. The van der Waals surface area contributed by atoms with Gasteiger partial charge in [0.05, 0.1) is 18.4 Å². The SMILES string of the molecule is COc1ccc(F)cc1C(=O)CS(=O)CC1CCCC1. The number of carbonyl (C=O) groups is 1. The topological polar surface area (TPSA) is 43.4 Å². The number of ether oxygens (including phenoxy) is 1. The molecule has 1 atom stereocenters. The second-order valence-corrected chi connectivity index (χ2v) is 6.67. The van der Waals surface area contributed by atoms with Gasteiger partial charge in [-0.05, 0) is 37.0 Å². The first-order chi connectivity index (χ1) is 9.60. The van der Waals surface area contributed by atoms with Crippen molar-refractivity contribution >= 4 is 16.6 Å². The number of Topliss-reactive ketones (excluding diaryl/α,β-unsaturated/α-hetero) is 1. The van der Waals surface area contributed by atoms with Crippen molar-refractivity contribution in [1.29, 1.82) is 0 Å². The van der Waals surface area contributed by atoms with Gasteiger partial charge in [0.1, 0.15) is 11.6 Å². The predicted octanol–water partition coefficient (Wildman–Crippen LogP) is 2.96. The normalized spacial score (nSPS) is 17.1. The molecule has 1 unspecified atom stereocenters. The molecule has 0 spiro atoms. The lowest BCUT2D eigenvalue weighted by Crippen LogP contribution is -2.17. The first-order valence-corrected chi connectivity index (χ1v) is 8.30. The maximum Gasteiger partial charge on any atom is 0.179 e. The van der Waals surface area contributed by atoms with Crippen molar-refractivity contribution in [3.05, 3.63) is 29.6 Å². The third-order valence-corrected chi connectivity index (χ3v) is 5.08. The third kappa shape index (κ3) is 3.88. The monoisotopic (exact) mass is 298 g/mol. The number of methoxy groups -OCH3 is 1. The van der Waals surface area contributed by atoms with Crippen molar-refractivity contribution in [2.75, 3.05) is 18.6 Å². The number of ketones is 1. The summed E-state index contributed by atoms with van der Waals surface area (Å²) in [7, 11) is 0.245. The maximum absolute atomic E-state index is 13.2. The van der Waals surface area contributed by atoms with Crippen molar-refractivity contribution in [1.82, 2.24) is 0 Å². The Labute approximate surface area is 121 Å². The molecule has 0 aliphatic heterocycles. The van der Waals surface area contributed by atoms with Gasteiger partial charge in [-0.2, -0.15) is 0 Å². The molecule has 2 rings (SSSR count). The summed E-state index contributed by atoms with van der Waals surface area (Å²) in [5.74, 6) is 0.500. The second kappa shape index (κ2) is 6.97. The lowest BCUT2D eigenvalue weighted by molar-refractivity contribution is 0.101. The van der Waals surface area contributed by atoms with E-state index in [2.05, 4.69) is 0 Å². The number of carbonyl (C=O) groups excluding carboxylic acids is 1. The van der Waals surface area contributed by atoms with Crippen LogP contribution in [0.25, 0.3) is 0 Å². The molecule has 110 valence electrons. The van der Waals surface area contributed by atoms with Crippen LogP contribution in [0.3, 0.4) is 0 Å². The Morgan fingerprint density at radius 2 is 2.10 bits per heavy atom. The molecule has 1 aromatic rings. The lowest BCUT2D eigenvalue weighted by Gasteiger charge is -2.10. The Morgan fingerprint density at radius 3 is 2.75 bits per heavy atom. The van der Waals surface area contributed by atoms with Gasteiger partial charge < -0.3 is 4.74 Å². The van der Waals surface area contributed by atoms with E-state index in [1.54, 1.807) is 0 Å². The summed E-state index contributed by atoms with van der Waals surface area (Å²) in [6, 6.07) is 3.81. The minimum atomic E-state index is -1.18. The standard InChI is InChI=1S/C15H19FO3S/c1-19-15-7-6-12(16)8-13(15)14(17)10-20(18)9-11-4-2-3-5-11/h6-8,11H,2-5,9-10H2,1H3. The number of hydrogen-bond acceptors (Lipinski definition) is 3. The van der Waals surface area contributed by atoms with E-state index in [4.69, 9.17) is 4.74 Å². The number of halogens is 1. The zero-order chi connectivity index (χ0) is 14.5. The van der Waals surface area contributed by atoms with Crippen LogP contribution in [0, 0.1) is 11.7 Å². The van der Waals surface area contributed by atoms with Crippen LogP contribution in [0.2, 0.25) is 0 Å². The summed E-state index contributed by atoms with van der Waals surface area (Å²) in [5.41, 5.74) is 0.173. The maximum atomic E-state index is 13.2. The van der Waals surface area contributed by atoms with E-state index in [9.17, 15) is 13.4 Å². The van der Waals surface area contributed by atoms with E-state index >= 15 is 0 Å². The fourth-order valence-corrected chi connectivity index (χ4v) is 4.05. The fourth-order valence-electron chi connectivity index (χ4n) is 2.62. The van der Waals surface area contributed by atoms with Crippen molar-refractivity contribution < 1.29 is 18.1 Å². The van der Waals surface area contributed by atoms with Crippen LogP contribution in [-0.4, -0.2) is 28.6 Å². The fraction of sp³-hybridized carbons (Fsp3) is 0.533. The van der Waals surface area contributed by atoms with Gasteiger partial charge in [0.2, 0.25) is 0 Å². The average Bonchev–Trinajstić information content (AvgIpc) is 2.91. The molecule has 0 bridgehead atoms. The highest BCUT2D eigenvalue weighted by Gasteiger charge is 2.21. The molecular weight excluding hydrogens is 279 g/mol. The molecule has 0 saturated heterocycles. The van der Waals surface area contributed by atoms with Crippen LogP contribution in [0.4, 0.5) is 4.39 Å². The van der Waals surface area contributed by atoms with Gasteiger partial charge in [-0.15, -0.1) is 0 Å². The molecule has 3 nitrogen and oxygen atoms in total. The molecule has 0 heterocycles. The first kappa shape index (κ1) is 15.2. The van der Waals surface area contributed by atoms with Crippen LogP contribution < -0.4 is 4.74 Å². The van der Waals surface area contributed by atoms with Crippen molar-refractivity contribution in [2.45, 2.75) is 25.7 Å². The molecule has 0 radical (unpaired) electrons. The molecule has 1 fully saturated rings. The van der Waals surface area contributed by atoms with E-state index in [-0.39, 0.29) is 17.1 Å². The Morgan fingerprint density at radius 1 is 1.40 bits per heavy atom. The molecule has 0 N–H and O–H groups in total. The Balaban J connectivity index is 2.00. The Hall–Kier alpha value is -1.23. The van der Waals surface area contributed by atoms with Gasteiger partial charge in [-0.25, -0.2) is 4.39 Å². The third-order valence-electron chi connectivity index (χ3n) is 3.65. The smallest absolute Gasteiger partial charge is 0.179 e. The molecule has 20 heavy (non-hydrogen) atoms. The van der Waals surface area contributed by atoms with E-state index in [0.717, 1.165) is 18.9 Å². The van der Waals surface area contributed by atoms with Crippen LogP contribution in [0.5, 0.6) is 5.75 Å². The minimum Gasteiger partial charge on any atom is -0.496 e. The molecule has 0 aromatic heterocycles. The lowest BCUT2D eigenvalue weighted by atomic mass is 10.1. The zero-order valence-electron chi connectivity index (χ0n) is 11.6.